The predicted octanol–water partition coefficient (Wildman–Crippen LogP) is 3.89. The largest absolute Gasteiger partial charge is 0.443 e. The first-order valence-corrected chi connectivity index (χ1v) is 6.45. The molecule has 0 saturated carbocycles. The molecule has 0 atom stereocenters. The average molecular weight is 311 g/mol. The van der Waals surface area contributed by atoms with Gasteiger partial charge in [0.05, 0.1) is 0 Å². The molecular formula is C13H15BrN2O2. The SMILES string of the molecule is Cc1c(Br)c2cccnc2n1C(=O)OC(C)(C)C. The van der Waals surface area contributed by atoms with Crippen molar-refractivity contribution in [1.29, 1.82) is 0 Å². The Morgan fingerprint density at radius 3 is 2.72 bits per heavy atom. The average Bonchev–Trinajstić information content (AvgIpc) is 2.50. The molecule has 0 N–H and O–H groups in total. The highest BCUT2D eigenvalue weighted by Gasteiger charge is 2.23. The third kappa shape index (κ3) is 2.27. The molecule has 5 heteroatoms. The molecule has 0 saturated heterocycles. The fourth-order valence-electron chi connectivity index (χ4n) is 1.73. The van der Waals surface area contributed by atoms with Crippen LogP contribution in [0.3, 0.4) is 0 Å². The van der Waals surface area contributed by atoms with Gasteiger partial charge in [-0.05, 0) is 55.8 Å². The van der Waals surface area contributed by atoms with Gasteiger partial charge in [0.2, 0.25) is 0 Å². The molecule has 2 aromatic heterocycles. The minimum atomic E-state index is -0.526. The maximum atomic E-state index is 12.2. The quantitative estimate of drug-likeness (QED) is 0.741. The molecule has 0 fully saturated rings. The maximum absolute atomic E-state index is 12.2. The monoisotopic (exact) mass is 310 g/mol. The van der Waals surface area contributed by atoms with Crippen LogP contribution in [0.4, 0.5) is 4.79 Å². The number of hydrogen-bond donors (Lipinski definition) is 0. The van der Waals surface area contributed by atoms with E-state index in [2.05, 4.69) is 20.9 Å². The zero-order chi connectivity index (χ0) is 13.5. The summed E-state index contributed by atoms with van der Waals surface area (Å²) in [5.41, 5.74) is 0.871. The highest BCUT2D eigenvalue weighted by atomic mass is 79.9. The van der Waals surface area contributed by atoms with Gasteiger partial charge in [-0.1, -0.05) is 0 Å². The van der Waals surface area contributed by atoms with Crippen LogP contribution in [0, 0.1) is 6.92 Å². The molecule has 0 aliphatic heterocycles. The highest BCUT2D eigenvalue weighted by Crippen LogP contribution is 2.29. The molecule has 18 heavy (non-hydrogen) atoms. The van der Waals surface area contributed by atoms with Crippen LogP contribution >= 0.6 is 15.9 Å². The van der Waals surface area contributed by atoms with Crippen LogP contribution in [0.2, 0.25) is 0 Å². The lowest BCUT2D eigenvalue weighted by Gasteiger charge is -2.20. The van der Waals surface area contributed by atoms with Crippen molar-refractivity contribution in [1.82, 2.24) is 9.55 Å². The Kier molecular flexibility index (Phi) is 3.19. The number of carbonyl (C=O) groups excluding carboxylic acids is 1. The van der Waals surface area contributed by atoms with Gasteiger partial charge in [0.1, 0.15) is 5.60 Å². The molecule has 2 rings (SSSR count). The van der Waals surface area contributed by atoms with Crippen LogP contribution in [0.5, 0.6) is 0 Å². The fraction of sp³-hybridized carbons (Fsp3) is 0.385. The lowest BCUT2D eigenvalue weighted by molar-refractivity contribution is 0.0540. The van der Waals surface area contributed by atoms with Crippen molar-refractivity contribution in [3.63, 3.8) is 0 Å². The standard InChI is InChI=1S/C13H15BrN2O2/c1-8-10(14)9-6-5-7-15-11(9)16(8)12(17)18-13(2,3)4/h5-7H,1-4H3. The van der Waals surface area contributed by atoms with Crippen molar-refractivity contribution in [3.8, 4) is 0 Å². The first kappa shape index (κ1) is 13.1. The number of ether oxygens (including phenoxy) is 1. The first-order chi connectivity index (χ1) is 8.31. The van der Waals surface area contributed by atoms with Gasteiger partial charge in [-0.3, -0.25) is 0 Å². The molecule has 0 amide bonds. The van der Waals surface area contributed by atoms with Crippen LogP contribution in [0.25, 0.3) is 11.0 Å². The molecule has 0 spiro atoms. The summed E-state index contributed by atoms with van der Waals surface area (Å²) in [6.07, 6.45) is 1.25. The normalized spacial score (nSPS) is 11.8. The van der Waals surface area contributed by atoms with Crippen LogP contribution < -0.4 is 0 Å². The second-order valence-electron chi connectivity index (χ2n) is 5.09. The number of hydrogen-bond acceptors (Lipinski definition) is 3. The molecule has 0 radical (unpaired) electrons. The number of fused-ring (bicyclic) bond motifs is 1. The summed E-state index contributed by atoms with van der Waals surface area (Å²) in [5, 5.41) is 0.904. The second kappa shape index (κ2) is 4.39. The lowest BCUT2D eigenvalue weighted by Crippen LogP contribution is -2.27. The van der Waals surface area contributed by atoms with E-state index in [0.29, 0.717) is 5.65 Å². The summed E-state index contributed by atoms with van der Waals surface area (Å²) < 4.78 is 7.75. The first-order valence-electron chi connectivity index (χ1n) is 5.66. The van der Waals surface area contributed by atoms with Gasteiger partial charge in [0.15, 0.2) is 5.65 Å². The van der Waals surface area contributed by atoms with Crippen LogP contribution in [0.1, 0.15) is 26.5 Å². The molecule has 4 nitrogen and oxygen atoms in total. The van der Waals surface area contributed by atoms with Gasteiger partial charge >= 0.3 is 6.09 Å². The van der Waals surface area contributed by atoms with E-state index in [0.717, 1.165) is 15.6 Å². The van der Waals surface area contributed by atoms with Crippen molar-refractivity contribution in [3.05, 3.63) is 28.5 Å². The van der Waals surface area contributed by atoms with Crippen LogP contribution in [0.15, 0.2) is 22.8 Å². The molecule has 2 heterocycles. The zero-order valence-corrected chi connectivity index (χ0v) is 12.4. The molecule has 0 aliphatic rings. The zero-order valence-electron chi connectivity index (χ0n) is 10.8. The van der Waals surface area contributed by atoms with Crippen molar-refractivity contribution in [2.24, 2.45) is 0 Å². The number of aromatic nitrogens is 2. The number of pyridine rings is 1. The summed E-state index contributed by atoms with van der Waals surface area (Å²) in [5.74, 6) is 0. The van der Waals surface area contributed by atoms with E-state index < -0.39 is 11.7 Å². The van der Waals surface area contributed by atoms with E-state index in [4.69, 9.17) is 4.74 Å². The molecule has 0 aliphatic carbocycles. The van der Waals surface area contributed by atoms with E-state index in [1.807, 2.05) is 39.8 Å². The number of halogens is 1. The van der Waals surface area contributed by atoms with E-state index in [1.54, 1.807) is 6.20 Å². The smallest absolute Gasteiger partial charge is 0.420 e. The third-order valence-corrected chi connectivity index (χ3v) is 3.47. The molecule has 2 aromatic rings. The second-order valence-corrected chi connectivity index (χ2v) is 5.88. The summed E-state index contributed by atoms with van der Waals surface area (Å²) in [4.78, 5) is 16.4. The van der Waals surface area contributed by atoms with Crippen LogP contribution in [-0.4, -0.2) is 21.2 Å². The number of rotatable bonds is 0. The minimum absolute atomic E-state index is 0.408. The van der Waals surface area contributed by atoms with E-state index >= 15 is 0 Å². The summed E-state index contributed by atoms with van der Waals surface area (Å²) in [6, 6.07) is 3.76. The predicted molar refractivity (Wildman–Crippen MR) is 73.8 cm³/mol. The molecular weight excluding hydrogens is 296 g/mol. The van der Waals surface area contributed by atoms with Gasteiger partial charge in [0.25, 0.3) is 0 Å². The summed E-state index contributed by atoms with van der Waals surface area (Å²) >= 11 is 3.48. The Hall–Kier alpha value is -1.36. The Labute approximate surface area is 114 Å². The van der Waals surface area contributed by atoms with Gasteiger partial charge in [-0.2, -0.15) is 0 Å². The summed E-state index contributed by atoms with van der Waals surface area (Å²) in [6.45, 7) is 7.38. The Morgan fingerprint density at radius 1 is 1.44 bits per heavy atom. The number of carbonyl (C=O) groups is 1. The minimum Gasteiger partial charge on any atom is -0.443 e. The van der Waals surface area contributed by atoms with E-state index in [9.17, 15) is 4.79 Å². The molecule has 0 unspecified atom stereocenters. The van der Waals surface area contributed by atoms with Gasteiger partial charge < -0.3 is 4.74 Å². The number of nitrogens with zero attached hydrogens (tertiary/aromatic N) is 2. The van der Waals surface area contributed by atoms with Gasteiger partial charge in [0, 0.05) is 21.7 Å². The highest BCUT2D eigenvalue weighted by molar-refractivity contribution is 9.10. The van der Waals surface area contributed by atoms with Crippen molar-refractivity contribution >= 4 is 33.1 Å². The van der Waals surface area contributed by atoms with E-state index in [1.165, 1.54) is 4.57 Å². The van der Waals surface area contributed by atoms with Crippen molar-refractivity contribution in [2.45, 2.75) is 33.3 Å². The van der Waals surface area contributed by atoms with Gasteiger partial charge in [-0.15, -0.1) is 0 Å². The molecule has 96 valence electrons. The third-order valence-electron chi connectivity index (χ3n) is 2.46. The van der Waals surface area contributed by atoms with Crippen molar-refractivity contribution in [2.75, 3.05) is 0 Å². The molecule has 0 bridgehead atoms. The topological polar surface area (TPSA) is 44.1 Å². The Morgan fingerprint density at radius 2 is 2.11 bits per heavy atom. The molecule has 0 aromatic carbocycles. The Balaban J connectivity index is 2.58. The van der Waals surface area contributed by atoms with E-state index in [-0.39, 0.29) is 0 Å². The van der Waals surface area contributed by atoms with Gasteiger partial charge in [-0.25, -0.2) is 14.3 Å². The lowest BCUT2D eigenvalue weighted by atomic mass is 10.2. The van der Waals surface area contributed by atoms with Crippen molar-refractivity contribution < 1.29 is 9.53 Å². The Bertz CT molecular complexity index is 611. The van der Waals surface area contributed by atoms with Crippen LogP contribution in [-0.2, 0) is 4.74 Å². The summed E-state index contributed by atoms with van der Waals surface area (Å²) in [7, 11) is 0. The maximum Gasteiger partial charge on any atom is 0.420 e. The fourth-order valence-corrected chi connectivity index (χ4v) is 2.22.